The van der Waals surface area contributed by atoms with Crippen LogP contribution in [0.4, 0.5) is 5.82 Å². The fourth-order valence-corrected chi connectivity index (χ4v) is 2.82. The van der Waals surface area contributed by atoms with Crippen LogP contribution in [-0.2, 0) is 6.54 Å². The molecule has 2 rings (SSSR count). The Kier molecular flexibility index (Phi) is 3.66. The summed E-state index contributed by atoms with van der Waals surface area (Å²) in [5, 5.41) is 8.53. The van der Waals surface area contributed by atoms with Gasteiger partial charge in [0.15, 0.2) is 5.82 Å². The van der Waals surface area contributed by atoms with E-state index in [-0.39, 0.29) is 0 Å². The second-order valence-electron chi connectivity index (χ2n) is 4.02. The van der Waals surface area contributed by atoms with Crippen molar-refractivity contribution in [2.75, 3.05) is 29.5 Å². The van der Waals surface area contributed by atoms with Gasteiger partial charge in [0.05, 0.1) is 5.69 Å². The Balaban J connectivity index is 2.35. The van der Waals surface area contributed by atoms with Crippen molar-refractivity contribution >= 4 is 17.6 Å². The van der Waals surface area contributed by atoms with Crippen molar-refractivity contribution in [2.45, 2.75) is 20.4 Å². The SMILES string of the molecule is Cc1nnc(N2CCSCC2)c(CN)c1C. The lowest BCUT2D eigenvalue weighted by molar-refractivity contribution is 0.790. The van der Waals surface area contributed by atoms with E-state index in [0.717, 1.165) is 30.2 Å². The number of hydrogen-bond donors (Lipinski definition) is 1. The molecule has 1 fully saturated rings. The number of aromatic nitrogens is 2. The minimum Gasteiger partial charge on any atom is -0.353 e. The van der Waals surface area contributed by atoms with E-state index in [9.17, 15) is 0 Å². The predicted octanol–water partition coefficient (Wildman–Crippen LogP) is 1.11. The molecule has 0 spiro atoms. The molecule has 1 aliphatic rings. The Bertz CT molecular complexity index is 374. The minimum atomic E-state index is 0.543. The number of hydrogen-bond acceptors (Lipinski definition) is 5. The molecule has 0 radical (unpaired) electrons. The molecule has 1 aromatic rings. The van der Waals surface area contributed by atoms with Crippen molar-refractivity contribution in [1.82, 2.24) is 10.2 Å². The molecule has 1 aromatic heterocycles. The summed E-state index contributed by atoms with van der Waals surface area (Å²) in [6, 6.07) is 0. The monoisotopic (exact) mass is 238 g/mol. The molecule has 4 nitrogen and oxygen atoms in total. The van der Waals surface area contributed by atoms with Gasteiger partial charge in [0.1, 0.15) is 0 Å². The van der Waals surface area contributed by atoms with Crippen LogP contribution >= 0.6 is 11.8 Å². The molecule has 1 saturated heterocycles. The smallest absolute Gasteiger partial charge is 0.156 e. The summed E-state index contributed by atoms with van der Waals surface area (Å²) >= 11 is 1.99. The van der Waals surface area contributed by atoms with Crippen LogP contribution in [0, 0.1) is 13.8 Å². The zero-order valence-electron chi connectivity index (χ0n) is 9.86. The Labute approximate surface area is 101 Å². The van der Waals surface area contributed by atoms with Gasteiger partial charge in [0.2, 0.25) is 0 Å². The summed E-state index contributed by atoms with van der Waals surface area (Å²) in [5.41, 5.74) is 9.15. The van der Waals surface area contributed by atoms with Gasteiger partial charge in [-0.2, -0.15) is 16.9 Å². The van der Waals surface area contributed by atoms with E-state index in [4.69, 9.17) is 5.73 Å². The Hall–Kier alpha value is -0.810. The minimum absolute atomic E-state index is 0.543. The summed E-state index contributed by atoms with van der Waals surface area (Å²) in [6.07, 6.45) is 0. The third kappa shape index (κ3) is 2.15. The first-order chi connectivity index (χ1) is 7.74. The summed E-state index contributed by atoms with van der Waals surface area (Å²) in [6.45, 7) is 6.70. The maximum Gasteiger partial charge on any atom is 0.156 e. The predicted molar refractivity (Wildman–Crippen MR) is 68.9 cm³/mol. The van der Waals surface area contributed by atoms with Crippen LogP contribution in [-0.4, -0.2) is 34.8 Å². The molecular formula is C11H18N4S. The van der Waals surface area contributed by atoms with Crippen molar-refractivity contribution in [3.63, 3.8) is 0 Å². The summed E-state index contributed by atoms with van der Waals surface area (Å²) in [4.78, 5) is 2.30. The van der Waals surface area contributed by atoms with E-state index in [1.54, 1.807) is 0 Å². The highest BCUT2D eigenvalue weighted by atomic mass is 32.2. The van der Waals surface area contributed by atoms with Gasteiger partial charge in [-0.1, -0.05) is 0 Å². The highest BCUT2D eigenvalue weighted by Gasteiger charge is 2.18. The molecule has 2 N–H and O–H groups in total. The number of nitrogens with two attached hydrogens (primary N) is 1. The van der Waals surface area contributed by atoms with Gasteiger partial charge in [-0.05, 0) is 19.4 Å². The van der Waals surface area contributed by atoms with Gasteiger partial charge < -0.3 is 10.6 Å². The van der Waals surface area contributed by atoms with Crippen LogP contribution in [0.3, 0.4) is 0 Å². The second-order valence-corrected chi connectivity index (χ2v) is 5.24. The number of rotatable bonds is 2. The molecule has 0 aromatic carbocycles. The van der Waals surface area contributed by atoms with Gasteiger partial charge in [-0.15, -0.1) is 5.10 Å². The van der Waals surface area contributed by atoms with E-state index >= 15 is 0 Å². The van der Waals surface area contributed by atoms with Crippen molar-refractivity contribution in [1.29, 1.82) is 0 Å². The Morgan fingerprint density at radius 1 is 1.25 bits per heavy atom. The van der Waals surface area contributed by atoms with Gasteiger partial charge in [0.25, 0.3) is 0 Å². The van der Waals surface area contributed by atoms with Crippen molar-refractivity contribution in [3.05, 3.63) is 16.8 Å². The molecule has 88 valence electrons. The second kappa shape index (κ2) is 5.01. The maximum atomic E-state index is 5.83. The molecule has 2 heterocycles. The molecule has 5 heteroatoms. The average Bonchev–Trinajstić information content (AvgIpc) is 2.33. The maximum absolute atomic E-state index is 5.83. The van der Waals surface area contributed by atoms with Gasteiger partial charge in [-0.3, -0.25) is 0 Å². The van der Waals surface area contributed by atoms with Crippen molar-refractivity contribution < 1.29 is 0 Å². The molecule has 16 heavy (non-hydrogen) atoms. The van der Waals surface area contributed by atoms with Crippen LogP contribution in [0.2, 0.25) is 0 Å². The first kappa shape index (κ1) is 11.7. The van der Waals surface area contributed by atoms with Crippen molar-refractivity contribution in [3.8, 4) is 0 Å². The highest BCUT2D eigenvalue weighted by molar-refractivity contribution is 7.99. The fraction of sp³-hybridized carbons (Fsp3) is 0.636. The fourth-order valence-electron chi connectivity index (χ4n) is 1.92. The third-order valence-electron chi connectivity index (χ3n) is 3.07. The molecule has 0 amide bonds. The van der Waals surface area contributed by atoms with Gasteiger partial charge in [0, 0.05) is 36.7 Å². The molecule has 0 atom stereocenters. The normalized spacial score (nSPS) is 16.6. The number of anilines is 1. The van der Waals surface area contributed by atoms with E-state index in [1.165, 1.54) is 17.1 Å². The van der Waals surface area contributed by atoms with Gasteiger partial charge >= 0.3 is 0 Å². The van der Waals surface area contributed by atoms with Gasteiger partial charge in [-0.25, -0.2) is 0 Å². The molecule has 0 aliphatic carbocycles. The highest BCUT2D eigenvalue weighted by Crippen LogP contribution is 2.24. The van der Waals surface area contributed by atoms with E-state index in [0.29, 0.717) is 6.54 Å². The lowest BCUT2D eigenvalue weighted by Gasteiger charge is -2.29. The number of thioether (sulfide) groups is 1. The number of nitrogens with zero attached hydrogens (tertiary/aromatic N) is 3. The van der Waals surface area contributed by atoms with E-state index < -0.39 is 0 Å². The topological polar surface area (TPSA) is 55.0 Å². The molecular weight excluding hydrogens is 220 g/mol. The van der Waals surface area contributed by atoms with E-state index in [2.05, 4.69) is 22.0 Å². The lowest BCUT2D eigenvalue weighted by Crippen LogP contribution is -2.34. The molecule has 0 unspecified atom stereocenters. The molecule has 1 aliphatic heterocycles. The van der Waals surface area contributed by atoms with Crippen LogP contribution in [0.15, 0.2) is 0 Å². The van der Waals surface area contributed by atoms with Crippen LogP contribution in [0.1, 0.15) is 16.8 Å². The van der Waals surface area contributed by atoms with E-state index in [1.807, 2.05) is 18.7 Å². The first-order valence-electron chi connectivity index (χ1n) is 5.59. The third-order valence-corrected chi connectivity index (χ3v) is 4.02. The van der Waals surface area contributed by atoms with Crippen molar-refractivity contribution in [2.24, 2.45) is 5.73 Å². The van der Waals surface area contributed by atoms with Crippen LogP contribution in [0.5, 0.6) is 0 Å². The first-order valence-corrected chi connectivity index (χ1v) is 6.75. The summed E-state index contributed by atoms with van der Waals surface area (Å²) in [5.74, 6) is 3.32. The summed E-state index contributed by atoms with van der Waals surface area (Å²) < 4.78 is 0. The Morgan fingerprint density at radius 3 is 2.56 bits per heavy atom. The average molecular weight is 238 g/mol. The number of aryl methyl sites for hydroxylation is 1. The van der Waals surface area contributed by atoms with Crippen LogP contribution in [0.25, 0.3) is 0 Å². The zero-order chi connectivity index (χ0) is 11.5. The standard InChI is InChI=1S/C11H18N4S/c1-8-9(2)13-14-11(10(8)7-12)15-3-5-16-6-4-15/h3-7,12H2,1-2H3. The lowest BCUT2D eigenvalue weighted by atomic mass is 10.1. The quantitative estimate of drug-likeness (QED) is 0.836. The molecule has 0 bridgehead atoms. The summed E-state index contributed by atoms with van der Waals surface area (Å²) in [7, 11) is 0. The molecule has 0 saturated carbocycles. The zero-order valence-corrected chi connectivity index (χ0v) is 10.7. The largest absolute Gasteiger partial charge is 0.353 e. The van der Waals surface area contributed by atoms with Crippen LogP contribution < -0.4 is 10.6 Å². The Morgan fingerprint density at radius 2 is 1.94 bits per heavy atom.